The number of carbonyl (C=O) groups is 1. The van der Waals surface area contributed by atoms with E-state index in [4.69, 9.17) is 4.42 Å². The van der Waals surface area contributed by atoms with Gasteiger partial charge in [-0.3, -0.25) is 4.79 Å². The molecule has 27 heavy (non-hydrogen) atoms. The van der Waals surface area contributed by atoms with Crippen molar-refractivity contribution in [1.82, 2.24) is 9.62 Å². The molecule has 1 aromatic heterocycles. The predicted octanol–water partition coefficient (Wildman–Crippen LogP) is 1.43. The fraction of sp³-hybridized carbons (Fsp3) is 0.706. The van der Waals surface area contributed by atoms with Gasteiger partial charge in [0, 0.05) is 19.1 Å². The number of rotatable bonds is 7. The Hall–Kier alpha value is -1.39. The Morgan fingerprint density at radius 3 is 2.41 bits per heavy atom. The van der Waals surface area contributed by atoms with Crippen LogP contribution in [0.15, 0.2) is 21.6 Å². The fourth-order valence-corrected chi connectivity index (χ4v) is 6.15. The van der Waals surface area contributed by atoms with Gasteiger partial charge in [-0.25, -0.2) is 16.8 Å². The molecule has 2 heterocycles. The quantitative estimate of drug-likeness (QED) is 0.716. The largest absolute Gasteiger partial charge is 0.447 e. The lowest BCUT2D eigenvalue weighted by atomic mass is 10.2. The fourth-order valence-electron chi connectivity index (χ4n) is 3.51. The summed E-state index contributed by atoms with van der Waals surface area (Å²) in [7, 11) is -7.55. The first kappa shape index (κ1) is 20.3. The van der Waals surface area contributed by atoms with Gasteiger partial charge in [-0.1, -0.05) is 12.8 Å². The maximum atomic E-state index is 12.5. The Balaban J connectivity index is 1.67. The second-order valence-electron chi connectivity index (χ2n) is 7.27. The van der Waals surface area contributed by atoms with E-state index in [2.05, 4.69) is 5.32 Å². The molecule has 2 fully saturated rings. The van der Waals surface area contributed by atoms with Crippen LogP contribution in [0, 0.1) is 0 Å². The van der Waals surface area contributed by atoms with Crippen molar-refractivity contribution in [1.29, 1.82) is 0 Å². The minimum atomic E-state index is -3.82. The van der Waals surface area contributed by atoms with Gasteiger partial charge in [0.2, 0.25) is 11.0 Å². The van der Waals surface area contributed by atoms with E-state index in [0.717, 1.165) is 38.5 Å². The number of hydrogen-bond acceptors (Lipinski definition) is 6. The number of sulfonamides is 1. The van der Waals surface area contributed by atoms with Crippen molar-refractivity contribution in [3.05, 3.63) is 17.9 Å². The van der Waals surface area contributed by atoms with E-state index in [1.165, 1.54) is 23.4 Å². The number of hydrogen-bond donors (Lipinski definition) is 1. The standard InChI is InChI=1S/C17H26N2O6S2/c1-13(17(20)18-14-6-2-3-7-14)26(21,22)12-15-8-9-16(25-15)27(23,24)19-10-4-5-11-19/h8-9,13-14H,2-7,10-12H2,1H3,(H,18,20)/t13-/m1/s1. The summed E-state index contributed by atoms with van der Waals surface area (Å²) in [6.07, 6.45) is 5.41. The lowest BCUT2D eigenvalue weighted by Gasteiger charge is -2.16. The molecule has 1 amide bonds. The molecule has 0 aromatic carbocycles. The highest BCUT2D eigenvalue weighted by Gasteiger charge is 2.33. The summed E-state index contributed by atoms with van der Waals surface area (Å²) in [6.45, 7) is 2.23. The van der Waals surface area contributed by atoms with Crippen molar-refractivity contribution in [2.45, 2.75) is 67.6 Å². The molecule has 1 saturated carbocycles. The van der Waals surface area contributed by atoms with Crippen LogP contribution < -0.4 is 5.32 Å². The van der Waals surface area contributed by atoms with Crippen LogP contribution in [-0.2, 0) is 30.4 Å². The number of nitrogens with zero attached hydrogens (tertiary/aromatic N) is 1. The second-order valence-corrected chi connectivity index (χ2v) is 11.5. The average Bonchev–Trinajstić information content (AvgIpc) is 3.35. The molecule has 0 radical (unpaired) electrons. The lowest BCUT2D eigenvalue weighted by Crippen LogP contribution is -2.42. The zero-order chi connectivity index (χ0) is 19.7. The van der Waals surface area contributed by atoms with Crippen molar-refractivity contribution >= 4 is 25.8 Å². The third-order valence-electron chi connectivity index (χ3n) is 5.25. The van der Waals surface area contributed by atoms with Crippen LogP contribution in [0.3, 0.4) is 0 Å². The van der Waals surface area contributed by atoms with Gasteiger partial charge in [-0.15, -0.1) is 0 Å². The summed E-state index contributed by atoms with van der Waals surface area (Å²) in [6, 6.07) is 2.67. The molecule has 1 N–H and O–H groups in total. The maximum absolute atomic E-state index is 12.5. The number of nitrogens with one attached hydrogen (secondary N) is 1. The number of amides is 1. The highest BCUT2D eigenvalue weighted by atomic mass is 32.2. The summed E-state index contributed by atoms with van der Waals surface area (Å²) < 4.78 is 56.7. The van der Waals surface area contributed by atoms with E-state index in [1.54, 1.807) is 0 Å². The smallest absolute Gasteiger partial charge is 0.276 e. The van der Waals surface area contributed by atoms with Crippen molar-refractivity contribution in [3.63, 3.8) is 0 Å². The van der Waals surface area contributed by atoms with Gasteiger partial charge in [0.25, 0.3) is 10.0 Å². The van der Waals surface area contributed by atoms with Crippen molar-refractivity contribution in [3.8, 4) is 0 Å². The summed E-state index contributed by atoms with van der Waals surface area (Å²) in [4.78, 5) is 12.3. The third-order valence-corrected chi connectivity index (χ3v) is 9.00. The van der Waals surface area contributed by atoms with Gasteiger partial charge in [-0.05, 0) is 44.7 Å². The molecule has 0 spiro atoms. The molecule has 1 atom stereocenters. The van der Waals surface area contributed by atoms with E-state index in [0.29, 0.717) is 13.1 Å². The summed E-state index contributed by atoms with van der Waals surface area (Å²) >= 11 is 0. The maximum Gasteiger partial charge on any atom is 0.276 e. The Kier molecular flexibility index (Phi) is 5.97. The molecule has 0 bridgehead atoms. The van der Waals surface area contributed by atoms with Gasteiger partial charge >= 0.3 is 0 Å². The van der Waals surface area contributed by atoms with E-state index >= 15 is 0 Å². The van der Waals surface area contributed by atoms with E-state index in [9.17, 15) is 21.6 Å². The van der Waals surface area contributed by atoms with E-state index < -0.39 is 36.8 Å². The summed E-state index contributed by atoms with van der Waals surface area (Å²) in [5.74, 6) is -1.01. The van der Waals surface area contributed by atoms with Gasteiger partial charge in [0.1, 0.15) is 16.8 Å². The molecule has 10 heteroatoms. The van der Waals surface area contributed by atoms with Crippen LogP contribution in [0.25, 0.3) is 0 Å². The number of sulfone groups is 1. The van der Waals surface area contributed by atoms with Gasteiger partial charge in [0.15, 0.2) is 9.84 Å². The first-order valence-electron chi connectivity index (χ1n) is 9.31. The molecule has 8 nitrogen and oxygen atoms in total. The highest BCUT2D eigenvalue weighted by molar-refractivity contribution is 7.92. The monoisotopic (exact) mass is 418 g/mol. The van der Waals surface area contributed by atoms with Crippen LogP contribution in [0.5, 0.6) is 0 Å². The second kappa shape index (κ2) is 7.92. The minimum Gasteiger partial charge on any atom is -0.447 e. The molecule has 1 aliphatic heterocycles. The summed E-state index contributed by atoms with van der Waals surface area (Å²) in [5, 5.41) is 1.31. The first-order valence-corrected chi connectivity index (χ1v) is 12.5. The minimum absolute atomic E-state index is 0.0216. The molecular formula is C17H26N2O6S2. The number of carbonyl (C=O) groups excluding carboxylic acids is 1. The van der Waals surface area contributed by atoms with E-state index in [-0.39, 0.29) is 16.9 Å². The molecule has 3 rings (SSSR count). The molecule has 152 valence electrons. The predicted molar refractivity (Wildman–Crippen MR) is 99.2 cm³/mol. The van der Waals surface area contributed by atoms with E-state index in [1.807, 2.05) is 0 Å². The Morgan fingerprint density at radius 2 is 1.78 bits per heavy atom. The Labute approximate surface area is 160 Å². The van der Waals surface area contributed by atoms with Crippen molar-refractivity contribution in [2.24, 2.45) is 0 Å². The van der Waals surface area contributed by atoms with Crippen LogP contribution in [-0.4, -0.2) is 51.4 Å². The highest BCUT2D eigenvalue weighted by Crippen LogP contribution is 2.24. The topological polar surface area (TPSA) is 114 Å². The van der Waals surface area contributed by atoms with Crippen LogP contribution >= 0.6 is 0 Å². The zero-order valence-corrected chi connectivity index (χ0v) is 17.0. The van der Waals surface area contributed by atoms with Crippen molar-refractivity contribution in [2.75, 3.05) is 13.1 Å². The van der Waals surface area contributed by atoms with Gasteiger partial charge in [-0.2, -0.15) is 4.31 Å². The van der Waals surface area contributed by atoms with Crippen LogP contribution in [0.2, 0.25) is 0 Å². The van der Waals surface area contributed by atoms with Crippen LogP contribution in [0.4, 0.5) is 0 Å². The SMILES string of the molecule is C[C@H](C(=O)NC1CCCC1)S(=O)(=O)Cc1ccc(S(=O)(=O)N2CCCC2)o1. The lowest BCUT2D eigenvalue weighted by molar-refractivity contribution is -0.121. The Morgan fingerprint density at radius 1 is 1.15 bits per heavy atom. The van der Waals surface area contributed by atoms with Crippen molar-refractivity contribution < 1.29 is 26.0 Å². The number of furan rings is 1. The summed E-state index contributed by atoms with van der Waals surface area (Å²) in [5.41, 5.74) is 0. The van der Waals surface area contributed by atoms with Gasteiger partial charge < -0.3 is 9.73 Å². The molecule has 0 unspecified atom stereocenters. The molecule has 2 aliphatic rings. The van der Waals surface area contributed by atoms with Gasteiger partial charge in [0.05, 0.1) is 0 Å². The van der Waals surface area contributed by atoms with Crippen LogP contribution in [0.1, 0.15) is 51.2 Å². The molecule has 1 aliphatic carbocycles. The molecular weight excluding hydrogens is 392 g/mol. The Bertz CT molecular complexity index is 878. The third kappa shape index (κ3) is 4.55. The molecule has 1 saturated heterocycles. The normalized spacial score (nSPS) is 20.8. The molecule has 1 aromatic rings. The average molecular weight is 419 g/mol. The zero-order valence-electron chi connectivity index (χ0n) is 15.4. The first-order chi connectivity index (χ1) is 12.7.